The highest BCUT2D eigenvalue weighted by atomic mass is 35.5. The van der Waals surface area contributed by atoms with E-state index in [1.165, 1.54) is 0 Å². The van der Waals surface area contributed by atoms with Crippen LogP contribution in [0, 0.1) is 0 Å². The van der Waals surface area contributed by atoms with Gasteiger partial charge in [-0.2, -0.15) is 0 Å². The molecule has 2 aromatic rings. The van der Waals surface area contributed by atoms with Crippen LogP contribution in [-0.2, 0) is 0 Å². The molecule has 1 heterocycles. The van der Waals surface area contributed by atoms with E-state index >= 15 is 0 Å². The van der Waals surface area contributed by atoms with E-state index in [1.807, 2.05) is 36.4 Å². The number of nitrogens with zero attached hydrogens (tertiary/aromatic N) is 2. The van der Waals surface area contributed by atoms with Gasteiger partial charge in [-0.1, -0.05) is 23.7 Å². The second-order valence-electron chi connectivity index (χ2n) is 7.32. The van der Waals surface area contributed by atoms with Crippen molar-refractivity contribution >= 4 is 34.6 Å². The van der Waals surface area contributed by atoms with E-state index in [2.05, 4.69) is 10.2 Å². The minimum atomic E-state index is -0.710. The molecule has 0 spiro atoms. The summed E-state index contributed by atoms with van der Waals surface area (Å²) in [5, 5.41) is 22.6. The first-order chi connectivity index (χ1) is 13.4. The Morgan fingerprint density at radius 3 is 2.50 bits per heavy atom. The van der Waals surface area contributed by atoms with Crippen LogP contribution in [-0.4, -0.2) is 55.0 Å². The van der Waals surface area contributed by atoms with Crippen molar-refractivity contribution in [1.82, 2.24) is 5.32 Å². The lowest BCUT2D eigenvalue weighted by Gasteiger charge is -2.29. The van der Waals surface area contributed by atoms with Crippen molar-refractivity contribution in [1.29, 1.82) is 0 Å². The lowest BCUT2D eigenvalue weighted by atomic mass is 10.1. The van der Waals surface area contributed by atoms with Gasteiger partial charge >= 0.3 is 0 Å². The fourth-order valence-electron chi connectivity index (χ4n) is 3.33. The topological polar surface area (TPSA) is 76.0 Å². The fraction of sp³-hybridized carbons (Fsp3) is 0.381. The number of hydrogen-bond donors (Lipinski definition) is 3. The standard InChI is InChI=1S/C21H26ClN3O3/c1-21(13-26,14-27)23-10-5-11-25-17-7-4-3-6-16(17)20(28)24(2)19-12-15(22)8-9-18(19)25/h3-4,6-9,12,23,26-27H,5,10-11,13-14H2,1-2H3. The number of para-hydroxylation sites is 1. The zero-order valence-corrected chi connectivity index (χ0v) is 16.9. The summed E-state index contributed by atoms with van der Waals surface area (Å²) in [7, 11) is 1.76. The maximum atomic E-state index is 13.0. The van der Waals surface area contributed by atoms with Gasteiger partial charge in [-0.05, 0) is 50.2 Å². The van der Waals surface area contributed by atoms with Crippen molar-refractivity contribution in [3.8, 4) is 0 Å². The first-order valence-electron chi connectivity index (χ1n) is 9.31. The lowest BCUT2D eigenvalue weighted by molar-refractivity contribution is 0.0994. The van der Waals surface area contributed by atoms with Crippen molar-refractivity contribution in [3.63, 3.8) is 0 Å². The molecule has 0 saturated carbocycles. The quantitative estimate of drug-likeness (QED) is 0.620. The van der Waals surface area contributed by atoms with Crippen LogP contribution in [0.25, 0.3) is 0 Å². The van der Waals surface area contributed by atoms with Crippen LogP contribution < -0.4 is 15.1 Å². The zero-order valence-electron chi connectivity index (χ0n) is 16.2. The Bertz CT molecular complexity index is 855. The third-order valence-corrected chi connectivity index (χ3v) is 5.36. The first-order valence-corrected chi connectivity index (χ1v) is 9.69. The fourth-order valence-corrected chi connectivity index (χ4v) is 3.50. The van der Waals surface area contributed by atoms with Crippen molar-refractivity contribution in [3.05, 3.63) is 53.1 Å². The molecular weight excluding hydrogens is 378 g/mol. The molecule has 7 heteroatoms. The number of halogens is 1. The summed E-state index contributed by atoms with van der Waals surface area (Å²) in [5.41, 5.74) is 2.46. The highest BCUT2D eigenvalue weighted by molar-refractivity contribution is 6.31. The maximum Gasteiger partial charge on any atom is 0.260 e. The highest BCUT2D eigenvalue weighted by Gasteiger charge is 2.29. The third-order valence-electron chi connectivity index (χ3n) is 5.13. The first kappa shape index (κ1) is 20.6. The van der Waals surface area contributed by atoms with Crippen molar-refractivity contribution in [2.45, 2.75) is 18.9 Å². The molecule has 0 unspecified atom stereocenters. The minimum Gasteiger partial charge on any atom is -0.394 e. The molecule has 0 aliphatic carbocycles. The number of amides is 1. The van der Waals surface area contributed by atoms with Crippen molar-refractivity contribution < 1.29 is 15.0 Å². The molecule has 0 radical (unpaired) electrons. The molecule has 28 heavy (non-hydrogen) atoms. The van der Waals surface area contributed by atoms with Crippen molar-refractivity contribution in [2.24, 2.45) is 0 Å². The Hall–Kier alpha value is -2.12. The van der Waals surface area contributed by atoms with Crippen LogP contribution in [0.1, 0.15) is 23.7 Å². The summed E-state index contributed by atoms with van der Waals surface area (Å²) in [4.78, 5) is 16.7. The summed E-state index contributed by atoms with van der Waals surface area (Å²) in [5.74, 6) is -0.0760. The van der Waals surface area contributed by atoms with Gasteiger partial charge in [-0.25, -0.2) is 0 Å². The van der Waals surface area contributed by atoms with Crippen LogP contribution in [0.15, 0.2) is 42.5 Å². The van der Waals surface area contributed by atoms with Gasteiger partial charge in [0, 0.05) is 18.6 Å². The molecule has 1 aliphatic heterocycles. The van der Waals surface area contributed by atoms with E-state index in [4.69, 9.17) is 11.6 Å². The van der Waals surface area contributed by atoms with Gasteiger partial charge in [0.1, 0.15) is 0 Å². The molecule has 1 amide bonds. The molecule has 0 fully saturated rings. The van der Waals surface area contributed by atoms with Gasteiger partial charge in [-0.3, -0.25) is 4.79 Å². The summed E-state index contributed by atoms with van der Waals surface area (Å²) in [6, 6.07) is 13.1. The smallest absolute Gasteiger partial charge is 0.260 e. The van der Waals surface area contributed by atoms with Gasteiger partial charge in [-0.15, -0.1) is 0 Å². The Morgan fingerprint density at radius 2 is 1.79 bits per heavy atom. The lowest BCUT2D eigenvalue weighted by Crippen LogP contribution is -2.49. The van der Waals surface area contributed by atoms with Crippen LogP contribution >= 0.6 is 11.6 Å². The molecule has 3 N–H and O–H groups in total. The summed E-state index contributed by atoms with van der Waals surface area (Å²) in [6.07, 6.45) is 0.754. The van der Waals surface area contributed by atoms with Crippen LogP contribution in [0.5, 0.6) is 0 Å². The van der Waals surface area contributed by atoms with E-state index in [1.54, 1.807) is 24.9 Å². The molecule has 0 aromatic heterocycles. The van der Waals surface area contributed by atoms with Gasteiger partial charge in [0.25, 0.3) is 5.91 Å². The number of rotatable bonds is 7. The Balaban J connectivity index is 1.90. The summed E-state index contributed by atoms with van der Waals surface area (Å²) < 4.78 is 0. The normalized spacial score (nSPS) is 14.0. The SMILES string of the molecule is CN1C(=O)c2ccccc2N(CCCNC(C)(CO)CO)c2ccc(Cl)cc21. The Morgan fingerprint density at radius 1 is 1.07 bits per heavy atom. The number of aliphatic hydroxyl groups is 2. The molecule has 0 saturated heterocycles. The Kier molecular flexibility index (Phi) is 6.25. The van der Waals surface area contributed by atoms with Crippen molar-refractivity contribution in [2.75, 3.05) is 43.2 Å². The number of carbonyl (C=O) groups is 1. The average molecular weight is 404 g/mol. The highest BCUT2D eigenvalue weighted by Crippen LogP contribution is 2.41. The van der Waals surface area contributed by atoms with Gasteiger partial charge in [0.15, 0.2) is 0 Å². The number of anilines is 3. The second-order valence-corrected chi connectivity index (χ2v) is 7.76. The molecule has 2 aromatic carbocycles. The monoisotopic (exact) mass is 403 g/mol. The number of aliphatic hydroxyl groups excluding tert-OH is 2. The summed E-state index contributed by atoms with van der Waals surface area (Å²) in [6.45, 7) is 2.77. The molecule has 6 nitrogen and oxygen atoms in total. The van der Waals surface area contributed by atoms with Crippen LogP contribution in [0.3, 0.4) is 0 Å². The average Bonchev–Trinajstić information content (AvgIpc) is 2.80. The van der Waals surface area contributed by atoms with Crippen LogP contribution in [0.2, 0.25) is 5.02 Å². The van der Waals surface area contributed by atoms with E-state index in [0.29, 0.717) is 23.7 Å². The van der Waals surface area contributed by atoms with E-state index in [-0.39, 0.29) is 19.1 Å². The number of fused-ring (bicyclic) bond motifs is 2. The van der Waals surface area contributed by atoms with E-state index in [9.17, 15) is 15.0 Å². The number of hydrogen-bond acceptors (Lipinski definition) is 5. The molecule has 150 valence electrons. The van der Waals surface area contributed by atoms with Gasteiger partial charge in [0.2, 0.25) is 0 Å². The predicted molar refractivity (Wildman–Crippen MR) is 113 cm³/mol. The molecule has 0 bridgehead atoms. The van der Waals surface area contributed by atoms with Crippen LogP contribution in [0.4, 0.5) is 17.1 Å². The third kappa shape index (κ3) is 4.00. The molecule has 0 atom stereocenters. The predicted octanol–water partition coefficient (Wildman–Crippen LogP) is 2.79. The molecular formula is C21H26ClN3O3. The van der Waals surface area contributed by atoms with E-state index < -0.39 is 5.54 Å². The minimum absolute atomic E-state index is 0.0760. The Labute approximate surface area is 170 Å². The maximum absolute atomic E-state index is 13.0. The second kappa shape index (κ2) is 8.49. The molecule has 1 aliphatic rings. The molecule has 3 rings (SSSR count). The zero-order chi connectivity index (χ0) is 20.3. The number of benzene rings is 2. The number of nitrogens with one attached hydrogen (secondary N) is 1. The summed E-state index contributed by atoms with van der Waals surface area (Å²) >= 11 is 6.20. The number of carbonyl (C=O) groups excluding carboxylic acids is 1. The van der Waals surface area contributed by atoms with E-state index in [0.717, 1.165) is 23.5 Å². The van der Waals surface area contributed by atoms with Gasteiger partial charge < -0.3 is 25.3 Å². The van der Waals surface area contributed by atoms with Gasteiger partial charge in [0.05, 0.1) is 41.4 Å². The largest absolute Gasteiger partial charge is 0.394 e.